The molecular formula is C22H28N2O2. The quantitative estimate of drug-likeness (QED) is 0.587. The fraction of sp³-hybridized carbons (Fsp3) is 0.273. The highest BCUT2D eigenvalue weighted by molar-refractivity contribution is 5.93. The molecule has 1 aliphatic heterocycles. The van der Waals surface area contributed by atoms with Crippen LogP contribution in [0.1, 0.15) is 39.7 Å². The first kappa shape index (κ1) is 21.2. The number of hydrogen-bond donors (Lipinski definition) is 2. The maximum Gasteiger partial charge on any atom is 0.248 e. The van der Waals surface area contributed by atoms with Gasteiger partial charge in [0.25, 0.3) is 0 Å². The number of aryl methyl sites for hydroxylation is 1. The van der Waals surface area contributed by atoms with Gasteiger partial charge in [-0.3, -0.25) is 9.59 Å². The molecule has 0 unspecified atom stereocenters. The van der Waals surface area contributed by atoms with Gasteiger partial charge in [-0.05, 0) is 35.6 Å². The Morgan fingerprint density at radius 2 is 1.38 bits per heavy atom. The van der Waals surface area contributed by atoms with Gasteiger partial charge in [0, 0.05) is 23.7 Å². The van der Waals surface area contributed by atoms with Gasteiger partial charge in [0.2, 0.25) is 11.5 Å². The number of carbonyl (C=O) groups excluding carboxylic acids is 1. The molecule has 4 heteroatoms. The molecule has 26 heavy (non-hydrogen) atoms. The molecule has 2 aromatic carbocycles. The number of hydrogen-bond acceptors (Lipinski definition) is 2. The summed E-state index contributed by atoms with van der Waals surface area (Å²) in [7, 11) is 0. The average Bonchev–Trinajstić information content (AvgIpc) is 2.71. The van der Waals surface area contributed by atoms with Gasteiger partial charge >= 0.3 is 0 Å². The molecule has 4 nitrogen and oxygen atoms in total. The summed E-state index contributed by atoms with van der Waals surface area (Å²) < 4.78 is 0. The van der Waals surface area contributed by atoms with Gasteiger partial charge in [-0.1, -0.05) is 64.1 Å². The van der Waals surface area contributed by atoms with E-state index in [4.69, 9.17) is 0 Å². The minimum absolute atomic E-state index is 0.0521. The number of benzene rings is 2. The van der Waals surface area contributed by atoms with Crippen LogP contribution in [0.3, 0.4) is 0 Å². The number of H-pyrrole nitrogens is 1. The third-order valence-corrected chi connectivity index (χ3v) is 3.55. The van der Waals surface area contributed by atoms with Gasteiger partial charge in [0.15, 0.2) is 0 Å². The summed E-state index contributed by atoms with van der Waals surface area (Å²) >= 11 is 0. The van der Waals surface area contributed by atoms with Crippen molar-refractivity contribution in [3.05, 3.63) is 76.6 Å². The van der Waals surface area contributed by atoms with Crippen LogP contribution in [0.2, 0.25) is 0 Å². The first-order valence-corrected chi connectivity index (χ1v) is 9.18. The monoisotopic (exact) mass is 352 g/mol. The van der Waals surface area contributed by atoms with Crippen LogP contribution in [0.15, 0.2) is 65.5 Å². The molecule has 1 aromatic heterocycles. The first-order valence-electron chi connectivity index (χ1n) is 9.18. The van der Waals surface area contributed by atoms with Crippen LogP contribution < -0.4 is 10.9 Å². The van der Waals surface area contributed by atoms with Crippen molar-refractivity contribution in [2.24, 2.45) is 0 Å². The molecule has 138 valence electrons. The molecule has 0 aliphatic carbocycles. The van der Waals surface area contributed by atoms with E-state index < -0.39 is 0 Å². The molecule has 1 aliphatic rings. The predicted octanol–water partition coefficient (Wildman–Crippen LogP) is 5.15. The summed E-state index contributed by atoms with van der Waals surface area (Å²) in [5, 5.41) is 3.88. The second kappa shape index (κ2) is 11.6. The zero-order valence-electron chi connectivity index (χ0n) is 16.0. The second-order valence-corrected chi connectivity index (χ2v) is 5.12. The zero-order chi connectivity index (χ0) is 19.4. The molecule has 0 bridgehead atoms. The number of anilines is 1. The van der Waals surface area contributed by atoms with Gasteiger partial charge in [0.05, 0.1) is 0 Å². The fourth-order valence-electron chi connectivity index (χ4n) is 2.42. The summed E-state index contributed by atoms with van der Waals surface area (Å²) in [6.45, 7) is 8.00. The average molecular weight is 352 g/mol. The third-order valence-electron chi connectivity index (χ3n) is 3.55. The largest absolute Gasteiger partial charge is 0.326 e. The van der Waals surface area contributed by atoms with Crippen molar-refractivity contribution in [1.82, 2.24) is 4.98 Å². The fourth-order valence-corrected chi connectivity index (χ4v) is 2.42. The number of nitrogens with one attached hydrogen (secondary N) is 2. The molecule has 0 saturated carbocycles. The lowest BCUT2D eigenvalue weighted by atomic mass is 10.0. The van der Waals surface area contributed by atoms with E-state index in [1.54, 1.807) is 0 Å². The molecule has 0 radical (unpaired) electrons. The van der Waals surface area contributed by atoms with Crippen LogP contribution in [0.5, 0.6) is 0 Å². The SMILES string of the molecule is CC.CC.O=C1CCc2ccccc2N1.O=c1ccc2ccccc2[nH]1. The number of para-hydroxylation sites is 2. The van der Waals surface area contributed by atoms with Crippen LogP contribution in [0.4, 0.5) is 5.69 Å². The number of aromatic amines is 1. The summed E-state index contributed by atoms with van der Waals surface area (Å²) in [4.78, 5) is 24.5. The summed E-state index contributed by atoms with van der Waals surface area (Å²) in [5.74, 6) is 0.128. The Balaban J connectivity index is 0.000000219. The molecule has 0 saturated heterocycles. The van der Waals surface area contributed by atoms with Gasteiger partial charge < -0.3 is 10.3 Å². The number of rotatable bonds is 0. The van der Waals surface area contributed by atoms with E-state index in [1.807, 2.05) is 76.2 Å². The Morgan fingerprint density at radius 1 is 0.731 bits per heavy atom. The van der Waals surface area contributed by atoms with Crippen molar-refractivity contribution in [2.45, 2.75) is 40.5 Å². The Labute approximate surface area is 155 Å². The van der Waals surface area contributed by atoms with E-state index in [0.717, 1.165) is 23.0 Å². The highest BCUT2D eigenvalue weighted by atomic mass is 16.1. The first-order chi connectivity index (χ1) is 12.7. The lowest BCUT2D eigenvalue weighted by molar-refractivity contribution is -0.116. The number of amides is 1. The van der Waals surface area contributed by atoms with Gasteiger partial charge in [0.1, 0.15) is 0 Å². The summed E-state index contributed by atoms with van der Waals surface area (Å²) in [5.41, 5.74) is 3.06. The Bertz CT molecular complexity index is 869. The minimum Gasteiger partial charge on any atom is -0.326 e. The maximum absolute atomic E-state index is 10.9. The van der Waals surface area contributed by atoms with Crippen molar-refractivity contribution in [3.8, 4) is 0 Å². The van der Waals surface area contributed by atoms with Gasteiger partial charge in [-0.25, -0.2) is 0 Å². The number of pyridine rings is 1. The van der Waals surface area contributed by atoms with Crippen LogP contribution in [0, 0.1) is 0 Å². The van der Waals surface area contributed by atoms with Crippen molar-refractivity contribution >= 4 is 22.5 Å². The summed E-state index contributed by atoms with van der Waals surface area (Å²) in [6.07, 6.45) is 1.50. The van der Waals surface area contributed by atoms with Gasteiger partial charge in [-0.2, -0.15) is 0 Å². The topological polar surface area (TPSA) is 62.0 Å². The standard InChI is InChI=1S/C9H9NO.C9H7NO.2C2H6/c2*11-9-6-5-7-3-1-2-4-8(7)10-9;2*1-2/h1-4H,5-6H2,(H,10,11);1-6H,(H,10,11);2*1-2H3. The van der Waals surface area contributed by atoms with E-state index in [2.05, 4.69) is 16.4 Å². The minimum atomic E-state index is -0.0521. The lowest BCUT2D eigenvalue weighted by Crippen LogP contribution is -2.18. The number of fused-ring (bicyclic) bond motifs is 2. The highest BCUT2D eigenvalue weighted by Gasteiger charge is 2.12. The maximum atomic E-state index is 10.9. The second-order valence-electron chi connectivity index (χ2n) is 5.12. The summed E-state index contributed by atoms with van der Waals surface area (Å²) in [6, 6.07) is 19.0. The number of carbonyl (C=O) groups is 1. The van der Waals surface area contributed by atoms with Crippen LogP contribution in [-0.2, 0) is 11.2 Å². The smallest absolute Gasteiger partial charge is 0.248 e. The van der Waals surface area contributed by atoms with E-state index in [1.165, 1.54) is 11.6 Å². The van der Waals surface area contributed by atoms with Crippen molar-refractivity contribution in [2.75, 3.05) is 5.32 Å². The molecule has 2 heterocycles. The normalized spacial score (nSPS) is 11.3. The lowest BCUT2D eigenvalue weighted by Gasteiger charge is -2.15. The van der Waals surface area contributed by atoms with Crippen molar-refractivity contribution < 1.29 is 4.79 Å². The Morgan fingerprint density at radius 3 is 2.15 bits per heavy atom. The van der Waals surface area contributed by atoms with Crippen LogP contribution in [-0.4, -0.2) is 10.9 Å². The predicted molar refractivity (Wildman–Crippen MR) is 111 cm³/mol. The highest BCUT2D eigenvalue weighted by Crippen LogP contribution is 2.20. The van der Waals surface area contributed by atoms with Crippen LogP contribution >= 0.6 is 0 Å². The molecular weight excluding hydrogens is 324 g/mol. The van der Waals surface area contributed by atoms with E-state index >= 15 is 0 Å². The van der Waals surface area contributed by atoms with Gasteiger partial charge in [-0.15, -0.1) is 0 Å². The molecule has 3 aromatic rings. The number of aromatic nitrogens is 1. The molecule has 0 spiro atoms. The molecule has 2 N–H and O–H groups in total. The Kier molecular flexibility index (Phi) is 9.47. The van der Waals surface area contributed by atoms with E-state index in [9.17, 15) is 9.59 Å². The van der Waals surface area contributed by atoms with Crippen molar-refractivity contribution in [3.63, 3.8) is 0 Å². The molecule has 1 amide bonds. The zero-order valence-corrected chi connectivity index (χ0v) is 16.0. The van der Waals surface area contributed by atoms with Crippen molar-refractivity contribution in [1.29, 1.82) is 0 Å². The molecule has 0 atom stereocenters. The Hall–Kier alpha value is -2.88. The molecule has 4 rings (SSSR count). The van der Waals surface area contributed by atoms with Crippen LogP contribution in [0.25, 0.3) is 10.9 Å². The van der Waals surface area contributed by atoms with E-state index in [-0.39, 0.29) is 11.5 Å². The van der Waals surface area contributed by atoms with E-state index in [0.29, 0.717) is 6.42 Å². The third kappa shape index (κ3) is 6.20. The molecule has 0 fully saturated rings.